The van der Waals surface area contributed by atoms with Crippen LogP contribution >= 0.6 is 0 Å². The second-order valence-corrected chi connectivity index (χ2v) is 6.11. The molecule has 0 aliphatic rings. The lowest BCUT2D eigenvalue weighted by molar-refractivity contribution is 0.0450. The zero-order valence-corrected chi connectivity index (χ0v) is 12.8. The summed E-state index contributed by atoms with van der Waals surface area (Å²) in [6.07, 6.45) is 0. The number of ether oxygens (including phenoxy) is 2. The fraction of sp³-hybridized carbons (Fsp3) is 0.133. The largest absolute Gasteiger partial charge is 0.508 e. The number of hydrogen-bond donors (Lipinski definition) is 2. The van der Waals surface area contributed by atoms with Crippen LogP contribution in [0.3, 0.4) is 0 Å². The van der Waals surface area contributed by atoms with Gasteiger partial charge in [0.1, 0.15) is 24.7 Å². The molecule has 0 aliphatic carbocycles. The summed E-state index contributed by atoms with van der Waals surface area (Å²) in [6.45, 7) is 0.102. The molecule has 0 fully saturated rings. The first kappa shape index (κ1) is 16.8. The zero-order chi connectivity index (χ0) is 16.9. The minimum atomic E-state index is -3.74. The highest BCUT2D eigenvalue weighted by Gasteiger charge is 2.09. The van der Waals surface area contributed by atoms with Gasteiger partial charge in [-0.15, -0.1) is 0 Å². The summed E-state index contributed by atoms with van der Waals surface area (Å²) < 4.78 is 32.5. The van der Waals surface area contributed by atoms with Crippen LogP contribution in [0.2, 0.25) is 0 Å². The van der Waals surface area contributed by atoms with Gasteiger partial charge in [0.25, 0.3) is 0 Å². The Hall–Kier alpha value is -2.58. The first-order valence-electron chi connectivity index (χ1n) is 6.58. The summed E-state index contributed by atoms with van der Waals surface area (Å²) in [5.41, 5.74) is 0.238. The number of nitrogens with two attached hydrogens (primary N) is 1. The molecule has 2 rings (SSSR count). The standard InChI is InChI=1S/C15H15NO6S/c16-23(19,20)14-6-4-13(5-7-14)21-8-9-22-15(18)11-2-1-3-12(17)10-11/h1-7,10,17H,8-9H2,(H2,16,19,20). The molecule has 0 radical (unpaired) electrons. The highest BCUT2D eigenvalue weighted by atomic mass is 32.2. The number of primary sulfonamides is 1. The average molecular weight is 337 g/mol. The van der Waals surface area contributed by atoms with Crippen molar-refractivity contribution in [2.75, 3.05) is 13.2 Å². The summed E-state index contributed by atoms with van der Waals surface area (Å²) >= 11 is 0. The van der Waals surface area contributed by atoms with E-state index in [1.54, 1.807) is 0 Å². The zero-order valence-electron chi connectivity index (χ0n) is 12.0. The second kappa shape index (κ2) is 7.12. The first-order valence-corrected chi connectivity index (χ1v) is 8.13. The van der Waals surface area contributed by atoms with E-state index in [4.69, 9.17) is 14.6 Å². The summed E-state index contributed by atoms with van der Waals surface area (Å²) in [5.74, 6) is -0.175. The predicted molar refractivity (Wildman–Crippen MR) is 81.7 cm³/mol. The second-order valence-electron chi connectivity index (χ2n) is 4.55. The summed E-state index contributed by atoms with van der Waals surface area (Å²) in [5, 5.41) is 14.3. The van der Waals surface area contributed by atoms with Crippen LogP contribution in [0, 0.1) is 0 Å². The molecule has 23 heavy (non-hydrogen) atoms. The molecule has 122 valence electrons. The summed E-state index contributed by atoms with van der Waals surface area (Å²) in [7, 11) is -3.74. The lowest BCUT2D eigenvalue weighted by Crippen LogP contribution is -2.13. The molecule has 0 saturated carbocycles. The number of carbonyl (C=O) groups is 1. The Morgan fingerprint density at radius 1 is 1.09 bits per heavy atom. The number of phenols is 1. The molecule has 8 heteroatoms. The van der Waals surface area contributed by atoms with Crippen LogP contribution in [-0.2, 0) is 14.8 Å². The minimum absolute atomic E-state index is 0.00539. The highest BCUT2D eigenvalue weighted by Crippen LogP contribution is 2.15. The Labute approximate surface area is 133 Å². The highest BCUT2D eigenvalue weighted by molar-refractivity contribution is 7.89. The maximum atomic E-state index is 11.7. The maximum Gasteiger partial charge on any atom is 0.338 e. The average Bonchev–Trinajstić information content (AvgIpc) is 2.51. The van der Waals surface area contributed by atoms with Gasteiger partial charge >= 0.3 is 5.97 Å². The van der Waals surface area contributed by atoms with Gasteiger partial charge in [0, 0.05) is 0 Å². The quantitative estimate of drug-likeness (QED) is 0.606. The molecule has 0 saturated heterocycles. The predicted octanol–water partition coefficient (Wildman–Crippen LogP) is 1.28. The van der Waals surface area contributed by atoms with Crippen molar-refractivity contribution in [1.82, 2.24) is 0 Å². The fourth-order valence-electron chi connectivity index (χ4n) is 1.74. The molecule has 0 amide bonds. The molecule has 0 heterocycles. The van der Waals surface area contributed by atoms with Crippen molar-refractivity contribution >= 4 is 16.0 Å². The third-order valence-electron chi connectivity index (χ3n) is 2.82. The Balaban J connectivity index is 1.80. The normalized spacial score (nSPS) is 11.0. The van der Waals surface area contributed by atoms with Crippen LogP contribution in [0.25, 0.3) is 0 Å². The lowest BCUT2D eigenvalue weighted by atomic mass is 10.2. The Bertz CT molecular complexity index is 786. The molecule has 0 bridgehead atoms. The SMILES string of the molecule is NS(=O)(=O)c1ccc(OCCOC(=O)c2cccc(O)c2)cc1. The van der Waals surface area contributed by atoms with E-state index in [1.807, 2.05) is 0 Å². The van der Waals surface area contributed by atoms with Crippen LogP contribution in [0.5, 0.6) is 11.5 Å². The van der Waals surface area contributed by atoms with Gasteiger partial charge in [0.15, 0.2) is 0 Å². The third kappa shape index (κ3) is 4.97. The molecule has 2 aromatic rings. The molecule has 0 unspecified atom stereocenters. The number of aromatic hydroxyl groups is 1. The first-order chi connectivity index (χ1) is 10.9. The Kier molecular flexibility index (Phi) is 5.20. The molecule has 7 nitrogen and oxygen atoms in total. The van der Waals surface area contributed by atoms with Crippen molar-refractivity contribution in [2.24, 2.45) is 5.14 Å². The molecule has 0 aromatic heterocycles. The third-order valence-corrected chi connectivity index (χ3v) is 3.75. The van der Waals surface area contributed by atoms with Crippen molar-refractivity contribution in [2.45, 2.75) is 4.90 Å². The van der Waals surface area contributed by atoms with Gasteiger partial charge in [-0.2, -0.15) is 0 Å². The number of rotatable bonds is 6. The number of esters is 1. The van der Waals surface area contributed by atoms with Crippen LogP contribution in [-0.4, -0.2) is 32.7 Å². The fourth-order valence-corrected chi connectivity index (χ4v) is 2.25. The number of benzene rings is 2. The van der Waals surface area contributed by atoms with Gasteiger partial charge in [0.2, 0.25) is 10.0 Å². The van der Waals surface area contributed by atoms with Crippen LogP contribution in [0.4, 0.5) is 0 Å². The van der Waals surface area contributed by atoms with Crippen molar-refractivity contribution in [3.05, 3.63) is 54.1 Å². The monoisotopic (exact) mass is 337 g/mol. The molecule has 0 spiro atoms. The minimum Gasteiger partial charge on any atom is -0.508 e. The maximum absolute atomic E-state index is 11.7. The molecule has 2 aromatic carbocycles. The van der Waals surface area contributed by atoms with Gasteiger partial charge in [-0.3, -0.25) is 0 Å². The summed E-state index contributed by atoms with van der Waals surface area (Å²) in [4.78, 5) is 11.7. The van der Waals surface area contributed by atoms with Gasteiger partial charge < -0.3 is 14.6 Å². The van der Waals surface area contributed by atoms with E-state index >= 15 is 0 Å². The van der Waals surface area contributed by atoms with Gasteiger partial charge in [-0.1, -0.05) is 6.07 Å². The van der Waals surface area contributed by atoms with Crippen molar-refractivity contribution in [3.8, 4) is 11.5 Å². The number of phenolic OH excluding ortho intramolecular Hbond substituents is 1. The van der Waals surface area contributed by atoms with Crippen LogP contribution in [0.1, 0.15) is 10.4 Å². The lowest BCUT2D eigenvalue weighted by Gasteiger charge is -2.08. The van der Waals surface area contributed by atoms with Crippen molar-refractivity contribution < 1.29 is 27.8 Å². The number of carbonyl (C=O) groups excluding carboxylic acids is 1. The van der Waals surface area contributed by atoms with Crippen molar-refractivity contribution in [1.29, 1.82) is 0 Å². The van der Waals surface area contributed by atoms with Crippen LogP contribution in [0.15, 0.2) is 53.4 Å². The van der Waals surface area contributed by atoms with Gasteiger partial charge in [-0.05, 0) is 42.5 Å². The van der Waals surface area contributed by atoms with E-state index in [2.05, 4.69) is 0 Å². The van der Waals surface area contributed by atoms with E-state index in [1.165, 1.54) is 48.5 Å². The molecule has 0 atom stereocenters. The Morgan fingerprint density at radius 2 is 1.78 bits per heavy atom. The Morgan fingerprint density at radius 3 is 2.39 bits per heavy atom. The van der Waals surface area contributed by atoms with Gasteiger partial charge in [0.05, 0.1) is 10.5 Å². The topological polar surface area (TPSA) is 116 Å². The molecule has 3 N–H and O–H groups in total. The molecule has 0 aliphatic heterocycles. The van der Waals surface area contributed by atoms with Crippen LogP contribution < -0.4 is 9.88 Å². The van der Waals surface area contributed by atoms with E-state index in [0.29, 0.717) is 5.75 Å². The van der Waals surface area contributed by atoms with Crippen molar-refractivity contribution in [3.63, 3.8) is 0 Å². The number of hydrogen-bond acceptors (Lipinski definition) is 6. The number of sulfonamides is 1. The van der Waals surface area contributed by atoms with E-state index < -0.39 is 16.0 Å². The molecular formula is C15H15NO6S. The molecular weight excluding hydrogens is 322 g/mol. The van der Waals surface area contributed by atoms with E-state index in [9.17, 15) is 18.3 Å². The van der Waals surface area contributed by atoms with E-state index in [-0.39, 0.29) is 29.4 Å². The summed E-state index contributed by atoms with van der Waals surface area (Å²) in [6, 6.07) is 11.4. The van der Waals surface area contributed by atoms with Gasteiger partial charge in [-0.25, -0.2) is 18.4 Å². The smallest absolute Gasteiger partial charge is 0.338 e. The van der Waals surface area contributed by atoms with E-state index in [0.717, 1.165) is 0 Å².